The van der Waals surface area contributed by atoms with Crippen LogP contribution in [0.25, 0.3) is 5.32 Å². The first kappa shape index (κ1) is 88.8. The molecule has 0 aliphatic carbocycles. The average molecular weight is 1170 g/mol. The number of aliphatic carboxylic acids is 1. The molecule has 33 nitrogen and oxygen atoms in total. The second-order valence-electron chi connectivity index (χ2n) is 13.5. The van der Waals surface area contributed by atoms with Crippen LogP contribution in [-0.2, 0) is 42.8 Å². The molecule has 0 atom stereocenters. The molecule has 0 amide bonds. The van der Waals surface area contributed by atoms with Gasteiger partial charge in [-0.3, -0.25) is 28.5 Å². The van der Waals surface area contributed by atoms with Gasteiger partial charge in [0.05, 0.1) is 74.9 Å². The van der Waals surface area contributed by atoms with E-state index in [4.69, 9.17) is 72.6 Å². The van der Waals surface area contributed by atoms with Crippen LogP contribution in [0.2, 0.25) is 0 Å². The molecule has 3 fully saturated rings. The average Bonchev–Trinajstić information content (AvgIpc) is 4.20. The van der Waals surface area contributed by atoms with Crippen LogP contribution in [0.4, 0.5) is 19.2 Å². The minimum absolute atomic E-state index is 0. The summed E-state index contributed by atoms with van der Waals surface area (Å²) in [4.78, 5) is 82.7. The van der Waals surface area contributed by atoms with Gasteiger partial charge in [-0.2, -0.15) is 31.6 Å². The Morgan fingerprint density at radius 1 is 0.753 bits per heavy atom. The number of nitrogens with two attached hydrogens (primary N) is 1. The number of nitrogens with zero attached hydrogens (tertiary/aromatic N) is 13. The molecule has 35 heteroatoms. The molecule has 0 spiro atoms. The normalized spacial score (nSPS) is 12.2. The van der Waals surface area contributed by atoms with Gasteiger partial charge in [-0.05, 0) is 20.8 Å². The summed E-state index contributed by atoms with van der Waals surface area (Å²) in [7, 11) is 0. The van der Waals surface area contributed by atoms with Crippen molar-refractivity contribution in [2.24, 2.45) is 39.8 Å². The molecule has 2 aromatic heterocycles. The number of nitriles is 7. The van der Waals surface area contributed by atoms with Crippen molar-refractivity contribution in [3.8, 4) is 42.9 Å². The predicted molar refractivity (Wildman–Crippen MR) is 274 cm³/mol. The number of hydrogen-bond acceptors (Lipinski definition) is 29. The van der Waals surface area contributed by atoms with Crippen molar-refractivity contribution >= 4 is 66.0 Å². The monoisotopic (exact) mass is 1170 g/mol. The summed E-state index contributed by atoms with van der Waals surface area (Å²) in [5.41, 5.74) is 3.05. The molecule has 2 aromatic rings. The van der Waals surface area contributed by atoms with Crippen LogP contribution in [0.3, 0.4) is 0 Å². The van der Waals surface area contributed by atoms with E-state index in [9.17, 15) is 28.8 Å². The molecule has 0 aromatic carbocycles. The van der Waals surface area contributed by atoms with Gasteiger partial charge in [0.1, 0.15) is 70.2 Å². The zero-order valence-corrected chi connectivity index (χ0v) is 48.7. The molecule has 3 saturated heterocycles. The zero-order valence-electron chi connectivity index (χ0n) is 45.9. The number of rotatable bonds is 8. The van der Waals surface area contributed by atoms with Crippen molar-refractivity contribution in [3.63, 3.8) is 0 Å². The van der Waals surface area contributed by atoms with Gasteiger partial charge in [-0.1, -0.05) is 27.7 Å². The maximum atomic E-state index is 11.4. The predicted octanol–water partition coefficient (Wildman–Crippen LogP) is -0.133. The number of carbonyl (C=O) groups excluding carboxylic acids is 6. The summed E-state index contributed by atoms with van der Waals surface area (Å²) >= 11 is 0. The Hall–Kier alpha value is -8.79. The molecule has 0 unspecified atom stereocenters. The Morgan fingerprint density at radius 3 is 1.32 bits per heavy atom. The SMILES string of the molecule is CC.CC.CC(=N)C1COC(=O)OC1.CC(=O)C(C#N)(CO)CO.CC(=O)CC#N.CC(=O)O.Cl.N#CC(CO)CO.N#CC1COC(=O)OC1.N#CN.N#CN=C([N-]C#N)C1COC(=O)OC1.O=C(n1ccnc1)n1ccnc1.[Na+]. The van der Waals surface area contributed by atoms with Crippen LogP contribution in [0.15, 0.2) is 42.4 Å². The van der Waals surface area contributed by atoms with Crippen molar-refractivity contribution < 1.29 is 117 Å². The fraction of sp³-hybridized carbons (Fsp3) is 0.522. The van der Waals surface area contributed by atoms with Crippen LogP contribution in [0, 0.1) is 114 Å². The van der Waals surface area contributed by atoms with Gasteiger partial charge >= 0.3 is 54.1 Å². The number of carboxylic acids is 1. The summed E-state index contributed by atoms with van der Waals surface area (Å²) in [6.07, 6.45) is 11.4. The van der Waals surface area contributed by atoms with E-state index in [0.717, 1.165) is 13.8 Å². The van der Waals surface area contributed by atoms with Crippen LogP contribution < -0.4 is 35.3 Å². The van der Waals surface area contributed by atoms with Crippen molar-refractivity contribution in [1.29, 1.82) is 42.2 Å². The Balaban J connectivity index is -0.000000125. The van der Waals surface area contributed by atoms with E-state index in [1.807, 2.05) is 33.8 Å². The second kappa shape index (κ2) is 60.4. The largest absolute Gasteiger partial charge is 1.00 e. The number of halogens is 1. The molecule has 0 radical (unpaired) electrons. The number of aromatic nitrogens is 4. The molecule has 3 aliphatic heterocycles. The van der Waals surface area contributed by atoms with E-state index in [0.29, 0.717) is 5.71 Å². The minimum Gasteiger partial charge on any atom is -0.481 e. The number of ketones is 2. The number of imidazole rings is 2. The number of amidine groups is 1. The maximum Gasteiger partial charge on any atom is 1.00 e. The van der Waals surface area contributed by atoms with Crippen LogP contribution in [0.5, 0.6) is 0 Å². The van der Waals surface area contributed by atoms with Crippen molar-refractivity contribution in [2.75, 3.05) is 66.1 Å². The molecule has 0 saturated carbocycles. The first-order valence-electron chi connectivity index (χ1n) is 22.4. The molecule has 440 valence electrons. The Bertz CT molecular complexity index is 2340. The number of hydrogen-bond donors (Lipinski definition) is 7. The number of aliphatic imine (C=N–C) groups is 1. The summed E-state index contributed by atoms with van der Waals surface area (Å²) < 4.78 is 29.7. The van der Waals surface area contributed by atoms with Gasteiger partial charge in [-0.15, -0.1) is 12.4 Å². The first-order chi connectivity index (χ1) is 37.6. The third-order valence-corrected chi connectivity index (χ3v) is 7.73. The number of nitrogens with one attached hydrogen (secondary N) is 1. The third kappa shape index (κ3) is 49.3. The number of carboxylic acid groups (broad SMARTS) is 1. The third-order valence-electron chi connectivity index (χ3n) is 7.73. The zero-order chi connectivity index (χ0) is 62.2. The Kier molecular flexibility index (Phi) is 66.3. The fourth-order valence-corrected chi connectivity index (χ4v) is 3.62. The van der Waals surface area contributed by atoms with Crippen molar-refractivity contribution in [1.82, 2.24) is 19.1 Å². The van der Waals surface area contributed by atoms with E-state index in [1.165, 1.54) is 47.3 Å². The first-order valence-corrected chi connectivity index (χ1v) is 22.4. The number of aliphatic hydroxyl groups is 4. The summed E-state index contributed by atoms with van der Waals surface area (Å²) in [6, 6.07) is 6.72. The molecule has 0 bridgehead atoms. The van der Waals surface area contributed by atoms with E-state index < -0.39 is 60.7 Å². The van der Waals surface area contributed by atoms with Gasteiger partial charge < -0.3 is 75.7 Å². The molecule has 5 heterocycles. The van der Waals surface area contributed by atoms with Gasteiger partial charge in [-0.25, -0.2) is 29.1 Å². The van der Waals surface area contributed by atoms with E-state index in [1.54, 1.807) is 49.9 Å². The van der Waals surface area contributed by atoms with Crippen LogP contribution >= 0.6 is 12.4 Å². The maximum absolute atomic E-state index is 11.4. The standard InChI is InChI=1S/C7H5N4O3.C7H6N4O.2C6H9NO3.C5H5NO3.C4H7NO2.C4H5NO.C2H4O2.2C2H6.CH2N2.ClH.Na/c8-3-10-6(11-4-9)5-1-13-7(12)14-2-5;12-7(10-3-1-8-5-10)11-4-2-9-6-11;1-4(7)5-2-9-6(8)10-3-5;1-5(10)6(2-7,3-8)4-9;6-1-4-2-8-5(7)9-3-4;5-1-4(2-6)3-7;1-4(6)2-3-5;1-2(3)4;2*1-2;2-1-3;;/h5H,1-2H2;1-6H;5,7H,2-3H2,1H3;8-9H,3-4H2,1H3;4H,2-3H2;4,6-7H,2-3H2;2H2,1H3;1H3,(H,3,4);2*1-2H3;2H2;1H;/q-1;;;;;;;;;;;;+1. The summed E-state index contributed by atoms with van der Waals surface area (Å²) in [6.45, 7) is 12.5. The van der Waals surface area contributed by atoms with Gasteiger partial charge in [0.2, 0.25) is 0 Å². The van der Waals surface area contributed by atoms with Gasteiger partial charge in [0, 0.05) is 49.5 Å². The molecule has 81 heavy (non-hydrogen) atoms. The Labute approximate surface area is 495 Å². The topological polar surface area (TPSA) is 555 Å². The van der Waals surface area contributed by atoms with Crippen molar-refractivity contribution in [3.05, 3.63) is 42.8 Å². The fourth-order valence-electron chi connectivity index (χ4n) is 3.62. The quantitative estimate of drug-likeness (QED) is 0.0344. The minimum atomic E-state index is -1.60. The number of cyclic esters (lactones) is 6. The number of ether oxygens (including phenoxy) is 6. The second-order valence-corrected chi connectivity index (χ2v) is 13.5. The van der Waals surface area contributed by atoms with Crippen LogP contribution in [-0.4, -0.2) is 164 Å². The van der Waals surface area contributed by atoms with Gasteiger partial charge in [0.15, 0.2) is 17.4 Å². The number of Topliss-reactive ketones (excluding diaryl/α,β-unsaturated/α-hetero) is 2. The molecule has 5 rings (SSSR count). The van der Waals surface area contributed by atoms with E-state index in [2.05, 4.69) is 54.4 Å². The number of aliphatic hydroxyl groups excluding tert-OH is 4. The van der Waals surface area contributed by atoms with E-state index >= 15 is 0 Å². The number of carbonyl (C=O) groups is 7. The molecule has 3 aliphatic rings. The van der Waals surface area contributed by atoms with E-state index in [-0.39, 0.29) is 131 Å². The molecular weight excluding hydrogens is 1110 g/mol. The van der Waals surface area contributed by atoms with Gasteiger partial charge in [0.25, 0.3) is 5.97 Å². The smallest absolute Gasteiger partial charge is 0.481 e. The summed E-state index contributed by atoms with van der Waals surface area (Å²) in [5.74, 6) is -2.78. The molecule has 8 N–H and O–H groups in total. The van der Waals surface area contributed by atoms with Crippen molar-refractivity contribution in [2.45, 2.75) is 61.8 Å². The summed E-state index contributed by atoms with van der Waals surface area (Å²) in [5, 5.41) is 107. The van der Waals surface area contributed by atoms with Crippen LogP contribution in [0.1, 0.15) is 61.8 Å². The Morgan fingerprint density at radius 2 is 1.12 bits per heavy atom. The molecular formula is C46H65ClN15NaO18.